The Balaban J connectivity index is -0.0000000152. The molecule has 0 aliphatic rings. The number of hydrogen-bond acceptors (Lipinski definition) is 20. The Morgan fingerprint density at radius 3 is 0.379 bits per heavy atom. The maximum atomic E-state index is 9.70. The van der Waals surface area contributed by atoms with Gasteiger partial charge in [0.1, 0.15) is 0 Å². The molecule has 0 heterocycles. The fourth-order valence-electron chi connectivity index (χ4n) is 0.730. The van der Waals surface area contributed by atoms with Crippen LogP contribution in [0.15, 0.2) is 0 Å². The average molecular weight is 1160 g/mol. The third-order valence-electron chi connectivity index (χ3n) is 2.15. The number of rotatable bonds is 8. The zero-order valence-corrected chi connectivity index (χ0v) is 45.2. The van der Waals surface area contributed by atoms with Crippen molar-refractivity contribution in [2.45, 2.75) is 41.5 Å². The molecule has 0 amide bonds. The number of aliphatic carboxylic acids is 6. The summed E-state index contributed by atoms with van der Waals surface area (Å²) in [4.78, 5) is 60.8. The van der Waals surface area contributed by atoms with E-state index in [-0.39, 0.29) is 156 Å². The smallest absolute Gasteiger partial charge is 2.00 e. The van der Waals surface area contributed by atoms with Crippen molar-refractivity contribution in [3.63, 3.8) is 0 Å². The zero-order chi connectivity index (χ0) is 41.4. The van der Waals surface area contributed by atoms with Crippen LogP contribution in [0.1, 0.15) is 41.5 Å². The zero-order valence-electron chi connectivity index (χ0n) is 35.5. The molecule has 0 aromatic heterocycles. The fourth-order valence-corrected chi connectivity index (χ4v) is 0.730. The Morgan fingerprint density at radius 1 is 0.328 bits per heavy atom. The molecule has 0 atom stereocenters. The van der Waals surface area contributed by atoms with E-state index in [1.165, 1.54) is 0 Å². The normalized spacial score (nSPS) is 6.72. The molecule has 0 unspecified atom stereocenters. The largest absolute Gasteiger partial charge is 2.00 e. The Bertz CT molecular complexity index is 562. The number of carbonyl (C=O) groups is 6. The number of carboxylic acids is 6. The number of nitrogens with zero attached hydrogens (tertiary/aromatic N) is 4. The van der Waals surface area contributed by atoms with Gasteiger partial charge in [0.25, 0.3) is 0 Å². The van der Waals surface area contributed by atoms with E-state index in [0.29, 0.717) is 26.2 Å². The van der Waals surface area contributed by atoms with E-state index in [2.05, 4.69) is 0 Å². The van der Waals surface area contributed by atoms with Crippen molar-refractivity contribution in [1.29, 1.82) is 0 Å². The summed E-state index contributed by atoms with van der Waals surface area (Å²) < 4.78 is 0. The number of hydrogen-bond donors (Lipinski definition) is 0. The molecule has 6 N–H and O–H groups in total. The summed E-state index contributed by atoms with van der Waals surface area (Å²) in [5.41, 5.74) is 0. The first-order valence-electron chi connectivity index (χ1n) is 13.4. The van der Waals surface area contributed by atoms with E-state index < -0.39 is 35.8 Å². The second-order valence-electron chi connectivity index (χ2n) is 8.98. The molecule has 58 heavy (non-hydrogen) atoms. The van der Waals surface area contributed by atoms with Crippen LogP contribution < -0.4 is 51.1 Å². The topological polar surface area (TPSA) is 469 Å². The third-order valence-corrected chi connectivity index (χ3v) is 2.15. The SMILES string of the molecule is CC(=O)[O-].CC(=O)[O-].CC(=O)[O-].CC(=O)[O-].CC(=O)[O-].CC(=O)[O-].CN(C)CC[O-].CN(C)CC[O-].CN(C)CC[O-].CN(C)CC[O-].O.O.O.[Cu+2].[Cu+2].[Cu+2].[Cu+2].[O-2].[Zn+2].[Zn+2]. The predicted molar refractivity (Wildman–Crippen MR) is 169 cm³/mol. The summed E-state index contributed by atoms with van der Waals surface area (Å²) in [7, 11) is 15.1. The molecule has 30 heteroatoms. The van der Waals surface area contributed by atoms with Crippen molar-refractivity contribution in [1.82, 2.24) is 19.6 Å². The van der Waals surface area contributed by atoms with Crippen LogP contribution in [0, 0.1) is 0 Å². The molecule has 0 rings (SSSR count). The van der Waals surface area contributed by atoms with Crippen LogP contribution in [0.3, 0.4) is 0 Å². The van der Waals surface area contributed by atoms with E-state index in [1.54, 1.807) is 0 Å². The van der Waals surface area contributed by atoms with Gasteiger partial charge in [-0.3, -0.25) is 0 Å². The molecule has 0 aliphatic carbocycles. The first-order valence-corrected chi connectivity index (χ1v) is 13.4. The van der Waals surface area contributed by atoms with Gasteiger partial charge < -0.3 is 121 Å². The Morgan fingerprint density at radius 2 is 0.379 bits per heavy atom. The van der Waals surface area contributed by atoms with Gasteiger partial charge in [-0.1, -0.05) is 0 Å². The van der Waals surface area contributed by atoms with Crippen molar-refractivity contribution in [2.75, 3.05) is 109 Å². The minimum absolute atomic E-state index is 0. The molecule has 4 radical (unpaired) electrons. The summed E-state index contributed by atoms with van der Waals surface area (Å²) in [6.07, 6.45) is 0. The van der Waals surface area contributed by atoms with E-state index in [9.17, 15) is 20.4 Å². The molecule has 0 spiro atoms. The summed E-state index contributed by atoms with van der Waals surface area (Å²) in [5.74, 6) is -6.50. The van der Waals surface area contributed by atoms with Gasteiger partial charge in [0.05, 0.1) is 0 Å². The Hall–Kier alpha value is -0.335. The van der Waals surface area contributed by atoms with E-state index in [0.717, 1.165) is 41.5 Å². The van der Waals surface area contributed by atoms with Gasteiger partial charge in [-0.25, -0.2) is 0 Å². The molecule has 0 aromatic carbocycles. The van der Waals surface area contributed by atoms with Crippen LogP contribution in [0.25, 0.3) is 0 Å². The van der Waals surface area contributed by atoms with Crippen LogP contribution in [-0.4, -0.2) is 181 Å². The van der Waals surface area contributed by atoms with Gasteiger partial charge in [0.2, 0.25) is 0 Å². The molecule has 0 fully saturated rings. The van der Waals surface area contributed by atoms with E-state index >= 15 is 0 Å². The van der Waals surface area contributed by atoms with Gasteiger partial charge in [-0.2, -0.15) is 0 Å². The number of likely N-dealkylation sites (N-methyl/N-ethyl adjacent to an activating group) is 4. The predicted octanol–water partition coefficient (Wildman–Crippen LogP) is -14.4. The van der Waals surface area contributed by atoms with Crippen LogP contribution in [0.5, 0.6) is 0 Å². The summed E-state index contributed by atoms with van der Waals surface area (Å²) in [6, 6.07) is 0. The van der Waals surface area contributed by atoms with Crippen molar-refractivity contribution >= 4 is 35.8 Å². The van der Waals surface area contributed by atoms with Gasteiger partial charge in [-0.05, 0) is 124 Å². The van der Waals surface area contributed by atoms with Crippen molar-refractivity contribution in [3.05, 3.63) is 0 Å². The standard InChI is InChI=1S/4C4H10NO.6C2H4O2.4Cu.3H2O.O.2Zn/c4*1-5(2)3-4-6;6*1-2(3)4;;;;;;;;;;/h4*3-4H2,1-2H3;6*1H3,(H,3,4);;;;;3*1H2;;;/q4*-1;;;;;;;4*+2;;;;-2;2*+2/p-6. The number of carbonyl (C=O) groups excluding carboxylic acids is 6. The van der Waals surface area contributed by atoms with Crippen molar-refractivity contribution < 1.29 is 209 Å². The monoisotopic (exact) mass is 1160 g/mol. The summed E-state index contributed by atoms with van der Waals surface area (Å²) in [6.45, 7) is 8.47. The molecular weight excluding hydrogens is 1100 g/mol. The second-order valence-corrected chi connectivity index (χ2v) is 8.98. The molecule has 0 aliphatic heterocycles. The summed E-state index contributed by atoms with van der Waals surface area (Å²) in [5, 5.41) is 92.1. The molecule has 0 saturated heterocycles. The maximum absolute atomic E-state index is 9.70. The maximum Gasteiger partial charge on any atom is 2.00 e. The first kappa shape index (κ1) is 131. The van der Waals surface area contributed by atoms with Crippen LogP contribution >= 0.6 is 0 Å². The molecule has 0 bridgehead atoms. The average Bonchev–Trinajstić information content (AvgIpc) is 2.77. The Labute approximate surface area is 412 Å². The van der Waals surface area contributed by atoms with E-state index in [4.69, 9.17) is 59.4 Å². The Kier molecular flexibility index (Phi) is 279. The minimum Gasteiger partial charge on any atom is -2.00 e. The van der Waals surface area contributed by atoms with Gasteiger partial charge in [-0.15, -0.1) is 26.4 Å². The van der Waals surface area contributed by atoms with Crippen LogP contribution in [0.4, 0.5) is 0 Å². The molecule has 0 aromatic rings. The van der Waals surface area contributed by atoms with Crippen molar-refractivity contribution in [2.24, 2.45) is 0 Å². The molecule has 0 saturated carbocycles. The third kappa shape index (κ3) is 1220. The number of carboxylic acid groups (broad SMARTS) is 6. The van der Waals surface area contributed by atoms with Crippen LogP contribution in [-0.2, 0) is 141 Å². The fraction of sp³-hybridized carbons (Fsp3) is 0.786. The van der Waals surface area contributed by atoms with E-state index in [1.807, 2.05) is 76.0 Å². The molecular formula is C28H64Cu4N4O20Zn2. The van der Waals surface area contributed by atoms with Crippen LogP contribution in [0.2, 0.25) is 0 Å². The quantitative estimate of drug-likeness (QED) is 0.204. The molecule has 364 valence electrons. The van der Waals surface area contributed by atoms with Gasteiger partial charge in [0, 0.05) is 35.8 Å². The van der Waals surface area contributed by atoms with Gasteiger partial charge >= 0.3 is 107 Å². The molecule has 24 nitrogen and oxygen atoms in total. The van der Waals surface area contributed by atoms with Crippen molar-refractivity contribution in [3.8, 4) is 0 Å². The first-order chi connectivity index (χ1) is 21.5. The second kappa shape index (κ2) is 124. The summed E-state index contributed by atoms with van der Waals surface area (Å²) >= 11 is 0. The minimum atomic E-state index is -1.08. The van der Waals surface area contributed by atoms with Gasteiger partial charge in [0.15, 0.2) is 0 Å².